The van der Waals surface area contributed by atoms with Gasteiger partial charge >= 0.3 is 0 Å². The third-order valence-corrected chi connectivity index (χ3v) is 5.57. The Kier molecular flexibility index (Phi) is 3.56. The number of aliphatic hydroxyl groups is 2. The number of hydrogen-bond acceptors (Lipinski definition) is 2. The average Bonchev–Trinajstić information content (AvgIpc) is 2.68. The van der Waals surface area contributed by atoms with Gasteiger partial charge in [0.25, 0.3) is 0 Å². The van der Waals surface area contributed by atoms with Crippen molar-refractivity contribution in [1.29, 1.82) is 0 Å². The largest absolute Gasteiger partial charge is 0.396 e. The molecule has 5 aromatic carbocycles. The highest BCUT2D eigenvalue weighted by atomic mass is 16.3. The Hall–Kier alpha value is -2.68. The third kappa shape index (κ3) is 2.06. The second kappa shape index (κ2) is 5.94. The molecule has 0 spiro atoms. The van der Waals surface area contributed by atoms with E-state index in [2.05, 4.69) is 60.7 Å². The maximum atomic E-state index is 9.62. The lowest BCUT2D eigenvalue weighted by Crippen LogP contribution is -1.99. The summed E-state index contributed by atoms with van der Waals surface area (Å²) in [7, 11) is 0. The summed E-state index contributed by atoms with van der Waals surface area (Å²) in [5.41, 5.74) is 2.35. The SMILES string of the molecule is OCCc1ccc2cccc3c4cccc5ccc(CCO)c(c1c23)c54. The van der Waals surface area contributed by atoms with Crippen LogP contribution in [0.5, 0.6) is 0 Å². The number of benzene rings is 5. The highest BCUT2D eigenvalue weighted by molar-refractivity contribution is 6.34. The number of rotatable bonds is 4. The summed E-state index contributed by atoms with van der Waals surface area (Å²) in [6.07, 6.45) is 1.27. The van der Waals surface area contributed by atoms with E-state index in [0.717, 1.165) is 0 Å². The normalized spacial score (nSPS) is 12.1. The zero-order valence-corrected chi connectivity index (χ0v) is 14.5. The van der Waals surface area contributed by atoms with Gasteiger partial charge in [0.05, 0.1) is 0 Å². The Morgan fingerprint density at radius 2 is 0.962 bits per heavy atom. The molecule has 0 saturated carbocycles. The van der Waals surface area contributed by atoms with Gasteiger partial charge in [-0.15, -0.1) is 0 Å². The fourth-order valence-corrected chi connectivity index (χ4v) is 4.52. The van der Waals surface area contributed by atoms with Gasteiger partial charge in [-0.2, -0.15) is 0 Å². The van der Waals surface area contributed by atoms with E-state index in [1.807, 2.05) is 0 Å². The van der Waals surface area contributed by atoms with Crippen molar-refractivity contribution in [3.8, 4) is 0 Å². The van der Waals surface area contributed by atoms with Gasteiger partial charge in [-0.25, -0.2) is 0 Å². The van der Waals surface area contributed by atoms with E-state index in [1.54, 1.807) is 0 Å². The molecule has 0 unspecified atom stereocenters. The first-order valence-electron chi connectivity index (χ1n) is 9.15. The minimum atomic E-state index is 0.133. The van der Waals surface area contributed by atoms with Gasteiger partial charge in [0, 0.05) is 13.2 Å². The molecule has 0 atom stereocenters. The van der Waals surface area contributed by atoms with E-state index in [4.69, 9.17) is 0 Å². The van der Waals surface area contributed by atoms with Crippen LogP contribution in [0.4, 0.5) is 0 Å². The molecule has 128 valence electrons. The maximum absolute atomic E-state index is 9.62. The van der Waals surface area contributed by atoms with Crippen LogP contribution in [0.2, 0.25) is 0 Å². The van der Waals surface area contributed by atoms with E-state index in [-0.39, 0.29) is 13.2 Å². The molecule has 2 nitrogen and oxygen atoms in total. The summed E-state index contributed by atoms with van der Waals surface area (Å²) in [5.74, 6) is 0. The summed E-state index contributed by atoms with van der Waals surface area (Å²) in [6.45, 7) is 0.265. The van der Waals surface area contributed by atoms with Crippen molar-refractivity contribution in [2.45, 2.75) is 12.8 Å². The van der Waals surface area contributed by atoms with Crippen molar-refractivity contribution in [3.63, 3.8) is 0 Å². The van der Waals surface area contributed by atoms with Crippen molar-refractivity contribution < 1.29 is 10.2 Å². The van der Waals surface area contributed by atoms with Crippen LogP contribution in [0.1, 0.15) is 11.1 Å². The molecule has 0 saturated heterocycles. The second-order valence-corrected chi connectivity index (χ2v) is 6.95. The topological polar surface area (TPSA) is 40.5 Å². The molecular weight excluding hydrogens is 320 g/mol. The molecule has 2 heteroatoms. The predicted molar refractivity (Wildman–Crippen MR) is 109 cm³/mol. The predicted octanol–water partition coefficient (Wildman–Crippen LogP) is 4.81. The summed E-state index contributed by atoms with van der Waals surface area (Å²) in [6, 6.07) is 21.6. The first-order chi connectivity index (χ1) is 12.8. The van der Waals surface area contributed by atoms with Crippen molar-refractivity contribution in [3.05, 3.63) is 71.8 Å². The van der Waals surface area contributed by atoms with E-state index < -0.39 is 0 Å². The Morgan fingerprint density at radius 3 is 1.38 bits per heavy atom. The molecule has 0 aliphatic rings. The van der Waals surface area contributed by atoms with Crippen LogP contribution in [-0.4, -0.2) is 23.4 Å². The monoisotopic (exact) mass is 340 g/mol. The molecule has 2 N–H and O–H groups in total. The van der Waals surface area contributed by atoms with Crippen molar-refractivity contribution in [2.75, 3.05) is 13.2 Å². The molecule has 5 rings (SSSR count). The van der Waals surface area contributed by atoms with E-state index in [9.17, 15) is 10.2 Å². The molecule has 0 bridgehead atoms. The minimum absolute atomic E-state index is 0.133. The van der Waals surface area contributed by atoms with Gasteiger partial charge in [0.15, 0.2) is 0 Å². The zero-order valence-electron chi connectivity index (χ0n) is 14.5. The van der Waals surface area contributed by atoms with Crippen LogP contribution in [0, 0.1) is 0 Å². The lowest BCUT2D eigenvalue weighted by molar-refractivity contribution is 0.299. The first kappa shape index (κ1) is 15.6. The third-order valence-electron chi connectivity index (χ3n) is 5.57. The number of hydrogen-bond donors (Lipinski definition) is 2. The molecule has 0 aliphatic heterocycles. The molecule has 5 aromatic rings. The number of aliphatic hydroxyl groups excluding tert-OH is 2. The standard InChI is InChI=1S/C24H20O2/c25-13-11-17-9-7-15-3-1-5-19-20-6-2-4-16-8-10-18(12-14-26)24(22(16)20)23(17)21(15)19/h1-10,25-26H,11-14H2. The van der Waals surface area contributed by atoms with Gasteiger partial charge in [-0.1, -0.05) is 60.7 Å². The average molecular weight is 340 g/mol. The zero-order chi connectivity index (χ0) is 17.7. The van der Waals surface area contributed by atoms with Crippen LogP contribution in [0.3, 0.4) is 0 Å². The molecule has 0 aliphatic carbocycles. The van der Waals surface area contributed by atoms with Crippen LogP contribution < -0.4 is 0 Å². The lowest BCUT2D eigenvalue weighted by Gasteiger charge is -2.19. The highest BCUT2D eigenvalue weighted by Crippen LogP contribution is 2.43. The Morgan fingerprint density at radius 1 is 0.500 bits per heavy atom. The quantitative estimate of drug-likeness (QED) is 0.364. The van der Waals surface area contributed by atoms with Crippen molar-refractivity contribution in [1.82, 2.24) is 0 Å². The van der Waals surface area contributed by atoms with Crippen molar-refractivity contribution in [2.24, 2.45) is 0 Å². The summed E-state index contributed by atoms with van der Waals surface area (Å²) >= 11 is 0. The molecule has 26 heavy (non-hydrogen) atoms. The Bertz CT molecular complexity index is 1150. The molecular formula is C24H20O2. The van der Waals surface area contributed by atoms with E-state index in [1.165, 1.54) is 54.2 Å². The van der Waals surface area contributed by atoms with Gasteiger partial charge in [0.1, 0.15) is 0 Å². The van der Waals surface area contributed by atoms with Gasteiger partial charge in [-0.3, -0.25) is 0 Å². The highest BCUT2D eigenvalue weighted by Gasteiger charge is 2.17. The summed E-state index contributed by atoms with van der Waals surface area (Å²) < 4.78 is 0. The Labute approximate surface area is 151 Å². The molecule has 0 fully saturated rings. The molecule has 0 heterocycles. The maximum Gasteiger partial charge on any atom is 0.0471 e. The van der Waals surface area contributed by atoms with Gasteiger partial charge < -0.3 is 10.2 Å². The molecule has 0 amide bonds. The van der Waals surface area contributed by atoms with Crippen molar-refractivity contribution >= 4 is 43.1 Å². The minimum Gasteiger partial charge on any atom is -0.396 e. The van der Waals surface area contributed by atoms with E-state index in [0.29, 0.717) is 12.8 Å². The van der Waals surface area contributed by atoms with Gasteiger partial charge in [0.2, 0.25) is 0 Å². The van der Waals surface area contributed by atoms with Crippen LogP contribution in [0.15, 0.2) is 60.7 Å². The van der Waals surface area contributed by atoms with Crippen LogP contribution in [0.25, 0.3) is 43.1 Å². The fraction of sp³-hybridized carbons (Fsp3) is 0.167. The van der Waals surface area contributed by atoms with E-state index >= 15 is 0 Å². The Balaban J connectivity index is 2.16. The smallest absolute Gasteiger partial charge is 0.0471 e. The molecule has 0 radical (unpaired) electrons. The summed E-state index contributed by atoms with van der Waals surface area (Å²) in [4.78, 5) is 0. The van der Waals surface area contributed by atoms with Crippen LogP contribution >= 0.6 is 0 Å². The van der Waals surface area contributed by atoms with Gasteiger partial charge in [-0.05, 0) is 67.1 Å². The van der Waals surface area contributed by atoms with Crippen LogP contribution in [-0.2, 0) is 12.8 Å². The first-order valence-corrected chi connectivity index (χ1v) is 9.15. The number of fused-ring (bicyclic) bond motifs is 2. The lowest BCUT2D eigenvalue weighted by atomic mass is 9.85. The summed E-state index contributed by atoms with van der Waals surface area (Å²) in [5, 5.41) is 29.2. The fourth-order valence-electron chi connectivity index (χ4n) is 4.52. The molecule has 0 aromatic heterocycles. The second-order valence-electron chi connectivity index (χ2n) is 6.95.